The summed E-state index contributed by atoms with van der Waals surface area (Å²) in [7, 11) is 0. The van der Waals surface area contributed by atoms with E-state index in [1.54, 1.807) is 0 Å². The molecule has 0 atom stereocenters. The van der Waals surface area contributed by atoms with Crippen LogP contribution in [0.4, 0.5) is 0 Å². The van der Waals surface area contributed by atoms with E-state index in [0.717, 1.165) is 6.54 Å². The second kappa shape index (κ2) is 3.07. The number of nitrogens with zero attached hydrogens (tertiary/aromatic N) is 2. The SMILES string of the molecule is CCn1cc(C)c(C(C)C)n1. The average molecular weight is 152 g/mol. The van der Waals surface area contributed by atoms with Crippen LogP contribution >= 0.6 is 0 Å². The first-order chi connectivity index (χ1) is 5.15. The Morgan fingerprint density at radius 1 is 1.55 bits per heavy atom. The summed E-state index contributed by atoms with van der Waals surface area (Å²) in [5, 5.41) is 4.44. The van der Waals surface area contributed by atoms with Crippen molar-refractivity contribution in [3.8, 4) is 0 Å². The average Bonchev–Trinajstić information content (AvgIpc) is 2.30. The Bertz CT molecular complexity index is 236. The molecule has 0 saturated heterocycles. The Morgan fingerprint density at radius 2 is 2.18 bits per heavy atom. The smallest absolute Gasteiger partial charge is 0.0679 e. The van der Waals surface area contributed by atoms with Crippen molar-refractivity contribution in [3.05, 3.63) is 17.5 Å². The molecule has 0 bridgehead atoms. The number of aryl methyl sites for hydroxylation is 2. The van der Waals surface area contributed by atoms with E-state index in [9.17, 15) is 0 Å². The Kier molecular flexibility index (Phi) is 2.32. The molecule has 0 aliphatic heterocycles. The first-order valence-electron chi connectivity index (χ1n) is 4.19. The first kappa shape index (κ1) is 8.31. The zero-order chi connectivity index (χ0) is 8.43. The lowest BCUT2D eigenvalue weighted by Gasteiger charge is -1.99. The van der Waals surface area contributed by atoms with Gasteiger partial charge in [-0.3, -0.25) is 4.68 Å². The van der Waals surface area contributed by atoms with Gasteiger partial charge in [-0.2, -0.15) is 5.10 Å². The van der Waals surface area contributed by atoms with Crippen molar-refractivity contribution in [3.63, 3.8) is 0 Å². The maximum absolute atomic E-state index is 4.44. The minimum Gasteiger partial charge on any atom is -0.272 e. The molecule has 2 heteroatoms. The lowest BCUT2D eigenvalue weighted by Crippen LogP contribution is -1.96. The molecule has 0 spiro atoms. The second-order valence-electron chi connectivity index (χ2n) is 3.21. The fourth-order valence-electron chi connectivity index (χ4n) is 1.27. The van der Waals surface area contributed by atoms with Gasteiger partial charge in [-0.25, -0.2) is 0 Å². The summed E-state index contributed by atoms with van der Waals surface area (Å²) < 4.78 is 1.99. The molecule has 1 aromatic rings. The Hall–Kier alpha value is -0.790. The molecule has 11 heavy (non-hydrogen) atoms. The van der Waals surface area contributed by atoms with Crippen molar-refractivity contribution in [2.75, 3.05) is 0 Å². The van der Waals surface area contributed by atoms with Gasteiger partial charge in [0.1, 0.15) is 0 Å². The highest BCUT2D eigenvalue weighted by Gasteiger charge is 2.06. The molecule has 0 saturated carbocycles. The molecule has 0 aliphatic rings. The highest BCUT2D eigenvalue weighted by molar-refractivity contribution is 5.17. The van der Waals surface area contributed by atoms with Crippen molar-refractivity contribution < 1.29 is 0 Å². The molecule has 0 aromatic carbocycles. The topological polar surface area (TPSA) is 17.8 Å². The van der Waals surface area contributed by atoms with Crippen LogP contribution in [0.15, 0.2) is 6.20 Å². The molecule has 62 valence electrons. The summed E-state index contributed by atoms with van der Waals surface area (Å²) in [6, 6.07) is 0. The number of hydrogen-bond acceptors (Lipinski definition) is 1. The molecule has 0 radical (unpaired) electrons. The fourth-order valence-corrected chi connectivity index (χ4v) is 1.27. The van der Waals surface area contributed by atoms with Crippen LogP contribution in [0.1, 0.15) is 37.9 Å². The zero-order valence-corrected chi connectivity index (χ0v) is 7.76. The van der Waals surface area contributed by atoms with Gasteiger partial charge in [-0.05, 0) is 25.3 Å². The van der Waals surface area contributed by atoms with Crippen molar-refractivity contribution in [2.45, 2.75) is 40.2 Å². The summed E-state index contributed by atoms with van der Waals surface area (Å²) in [6.07, 6.45) is 2.11. The summed E-state index contributed by atoms with van der Waals surface area (Å²) in [6.45, 7) is 9.54. The van der Waals surface area contributed by atoms with Gasteiger partial charge < -0.3 is 0 Å². The van der Waals surface area contributed by atoms with E-state index in [1.807, 2.05) is 4.68 Å². The van der Waals surface area contributed by atoms with E-state index in [0.29, 0.717) is 5.92 Å². The minimum atomic E-state index is 0.544. The van der Waals surface area contributed by atoms with Gasteiger partial charge in [0, 0.05) is 12.7 Å². The standard InChI is InChI=1S/C9H16N2/c1-5-11-6-8(4)9(10-11)7(2)3/h6-7H,5H2,1-4H3. The van der Waals surface area contributed by atoms with Crippen molar-refractivity contribution >= 4 is 0 Å². The third kappa shape index (κ3) is 1.62. The third-order valence-corrected chi connectivity index (χ3v) is 1.85. The van der Waals surface area contributed by atoms with Gasteiger partial charge in [-0.15, -0.1) is 0 Å². The van der Waals surface area contributed by atoms with E-state index < -0.39 is 0 Å². The van der Waals surface area contributed by atoms with Crippen LogP contribution in [0.3, 0.4) is 0 Å². The van der Waals surface area contributed by atoms with Crippen LogP contribution in [0.25, 0.3) is 0 Å². The molecule has 1 aromatic heterocycles. The molecular formula is C9H16N2. The molecule has 0 N–H and O–H groups in total. The van der Waals surface area contributed by atoms with Gasteiger partial charge >= 0.3 is 0 Å². The monoisotopic (exact) mass is 152 g/mol. The van der Waals surface area contributed by atoms with Gasteiger partial charge in [0.15, 0.2) is 0 Å². The highest BCUT2D eigenvalue weighted by Crippen LogP contribution is 2.15. The molecule has 0 amide bonds. The quantitative estimate of drug-likeness (QED) is 0.636. The summed E-state index contributed by atoms with van der Waals surface area (Å²) in [4.78, 5) is 0. The van der Waals surface area contributed by atoms with Gasteiger partial charge in [0.25, 0.3) is 0 Å². The largest absolute Gasteiger partial charge is 0.272 e. The van der Waals surface area contributed by atoms with E-state index >= 15 is 0 Å². The van der Waals surface area contributed by atoms with Crippen LogP contribution in [0.5, 0.6) is 0 Å². The normalized spacial score (nSPS) is 11.0. The van der Waals surface area contributed by atoms with Crippen molar-refractivity contribution in [1.29, 1.82) is 0 Å². The van der Waals surface area contributed by atoms with Crippen molar-refractivity contribution in [2.24, 2.45) is 0 Å². The Balaban J connectivity index is 2.97. The van der Waals surface area contributed by atoms with Gasteiger partial charge in [0.05, 0.1) is 5.69 Å². The molecule has 1 rings (SSSR count). The minimum absolute atomic E-state index is 0.544. The molecule has 0 aliphatic carbocycles. The summed E-state index contributed by atoms with van der Waals surface area (Å²) in [5.41, 5.74) is 2.54. The summed E-state index contributed by atoms with van der Waals surface area (Å²) in [5.74, 6) is 0.544. The predicted octanol–water partition coefficient (Wildman–Crippen LogP) is 2.33. The maximum Gasteiger partial charge on any atom is 0.0679 e. The fraction of sp³-hybridized carbons (Fsp3) is 0.667. The van der Waals surface area contributed by atoms with Crippen LogP contribution in [-0.2, 0) is 6.54 Å². The van der Waals surface area contributed by atoms with Crippen LogP contribution in [0, 0.1) is 6.92 Å². The van der Waals surface area contributed by atoms with Crippen LogP contribution in [0.2, 0.25) is 0 Å². The van der Waals surface area contributed by atoms with Crippen molar-refractivity contribution in [1.82, 2.24) is 9.78 Å². The lowest BCUT2D eigenvalue weighted by atomic mass is 10.1. The van der Waals surface area contributed by atoms with E-state index in [1.165, 1.54) is 11.3 Å². The number of rotatable bonds is 2. The number of aromatic nitrogens is 2. The Labute approximate surface area is 68.2 Å². The molecule has 2 nitrogen and oxygen atoms in total. The highest BCUT2D eigenvalue weighted by atomic mass is 15.3. The molecule has 1 heterocycles. The number of hydrogen-bond donors (Lipinski definition) is 0. The van der Waals surface area contributed by atoms with E-state index in [-0.39, 0.29) is 0 Å². The predicted molar refractivity (Wildman–Crippen MR) is 46.7 cm³/mol. The third-order valence-electron chi connectivity index (χ3n) is 1.85. The van der Waals surface area contributed by atoms with E-state index in [4.69, 9.17) is 0 Å². The van der Waals surface area contributed by atoms with Crippen LogP contribution in [-0.4, -0.2) is 9.78 Å². The van der Waals surface area contributed by atoms with Gasteiger partial charge in [-0.1, -0.05) is 13.8 Å². The molecule has 0 unspecified atom stereocenters. The molecular weight excluding hydrogens is 136 g/mol. The lowest BCUT2D eigenvalue weighted by molar-refractivity contribution is 0.635. The first-order valence-corrected chi connectivity index (χ1v) is 4.19. The zero-order valence-electron chi connectivity index (χ0n) is 7.76. The molecule has 0 fully saturated rings. The maximum atomic E-state index is 4.44. The van der Waals surface area contributed by atoms with E-state index in [2.05, 4.69) is 39.0 Å². The summed E-state index contributed by atoms with van der Waals surface area (Å²) >= 11 is 0. The second-order valence-corrected chi connectivity index (χ2v) is 3.21. The van der Waals surface area contributed by atoms with Gasteiger partial charge in [0.2, 0.25) is 0 Å². The Morgan fingerprint density at radius 3 is 2.45 bits per heavy atom. The van der Waals surface area contributed by atoms with Crippen LogP contribution < -0.4 is 0 Å².